The molecule has 18 heavy (non-hydrogen) atoms. The molecule has 0 saturated carbocycles. The molecule has 1 heterocycles. The zero-order valence-electron chi connectivity index (χ0n) is 9.82. The Bertz CT molecular complexity index is 540. The lowest BCUT2D eigenvalue weighted by atomic mass is 10.1. The third-order valence-corrected chi connectivity index (χ3v) is 3.32. The molecule has 1 unspecified atom stereocenters. The molecular formula is C13H13Cl2NO2. The lowest BCUT2D eigenvalue weighted by Crippen LogP contribution is -2.10. The normalized spacial score (nSPS) is 12.7. The van der Waals surface area contributed by atoms with Crippen molar-refractivity contribution >= 4 is 23.2 Å². The summed E-state index contributed by atoms with van der Waals surface area (Å²) in [7, 11) is 1.61. The Balaban J connectivity index is 2.23. The first kappa shape index (κ1) is 13.4. The van der Waals surface area contributed by atoms with E-state index in [1.165, 1.54) is 0 Å². The van der Waals surface area contributed by atoms with E-state index in [9.17, 15) is 0 Å². The number of nitrogens with two attached hydrogens (primary N) is 1. The van der Waals surface area contributed by atoms with E-state index in [0.717, 1.165) is 11.3 Å². The first-order chi connectivity index (χ1) is 8.61. The van der Waals surface area contributed by atoms with E-state index < -0.39 is 0 Å². The van der Waals surface area contributed by atoms with Crippen LogP contribution in [0, 0.1) is 0 Å². The van der Waals surface area contributed by atoms with Gasteiger partial charge in [0, 0.05) is 7.11 Å². The fourth-order valence-corrected chi connectivity index (χ4v) is 1.96. The van der Waals surface area contributed by atoms with Gasteiger partial charge in [-0.3, -0.25) is 0 Å². The molecule has 2 rings (SSSR count). The summed E-state index contributed by atoms with van der Waals surface area (Å²) in [6, 6.07) is 8.60. The number of methoxy groups -OCH3 is 1. The molecule has 0 fully saturated rings. The first-order valence-corrected chi connectivity index (χ1v) is 6.15. The van der Waals surface area contributed by atoms with Gasteiger partial charge in [0.05, 0.1) is 16.1 Å². The van der Waals surface area contributed by atoms with E-state index in [2.05, 4.69) is 0 Å². The Kier molecular flexibility index (Phi) is 4.30. The van der Waals surface area contributed by atoms with Gasteiger partial charge in [0.2, 0.25) is 0 Å². The maximum absolute atomic E-state index is 6.11. The lowest BCUT2D eigenvalue weighted by molar-refractivity contribution is 0.162. The van der Waals surface area contributed by atoms with Crippen molar-refractivity contribution in [3.8, 4) is 0 Å². The van der Waals surface area contributed by atoms with E-state index in [0.29, 0.717) is 22.4 Å². The zero-order chi connectivity index (χ0) is 13.1. The minimum absolute atomic E-state index is 0.370. The van der Waals surface area contributed by atoms with Crippen LogP contribution in [0.4, 0.5) is 0 Å². The summed E-state index contributed by atoms with van der Waals surface area (Å²) in [5.41, 5.74) is 6.96. The fraction of sp³-hybridized carbons (Fsp3) is 0.231. The van der Waals surface area contributed by atoms with Crippen molar-refractivity contribution in [2.24, 2.45) is 5.73 Å². The topological polar surface area (TPSA) is 48.4 Å². The Labute approximate surface area is 115 Å². The molecular weight excluding hydrogens is 273 g/mol. The number of hydrogen-bond acceptors (Lipinski definition) is 3. The monoisotopic (exact) mass is 285 g/mol. The average Bonchev–Trinajstić information content (AvgIpc) is 2.81. The van der Waals surface area contributed by atoms with Gasteiger partial charge < -0.3 is 14.9 Å². The Morgan fingerprint density at radius 2 is 2.00 bits per heavy atom. The number of hydrogen-bond donors (Lipinski definition) is 1. The van der Waals surface area contributed by atoms with Crippen LogP contribution in [0.2, 0.25) is 10.0 Å². The second-order valence-electron chi connectivity index (χ2n) is 3.89. The average molecular weight is 286 g/mol. The standard InChI is InChI=1S/C13H13Cl2NO2/c1-17-7-9-3-5-12(18-9)13(16)8-2-4-10(14)11(15)6-8/h2-6,13H,7,16H2,1H3. The van der Waals surface area contributed by atoms with Crippen LogP contribution in [0.5, 0.6) is 0 Å². The number of halogens is 2. The number of benzene rings is 1. The van der Waals surface area contributed by atoms with Crippen LogP contribution in [-0.2, 0) is 11.3 Å². The van der Waals surface area contributed by atoms with Crippen molar-refractivity contribution < 1.29 is 9.15 Å². The van der Waals surface area contributed by atoms with Gasteiger partial charge >= 0.3 is 0 Å². The van der Waals surface area contributed by atoms with Crippen LogP contribution < -0.4 is 5.73 Å². The highest BCUT2D eigenvalue weighted by molar-refractivity contribution is 6.42. The van der Waals surface area contributed by atoms with Gasteiger partial charge in [0.15, 0.2) is 0 Å². The van der Waals surface area contributed by atoms with Crippen molar-refractivity contribution in [1.29, 1.82) is 0 Å². The summed E-state index contributed by atoms with van der Waals surface area (Å²) >= 11 is 11.8. The molecule has 0 spiro atoms. The van der Waals surface area contributed by atoms with E-state index in [1.807, 2.05) is 18.2 Å². The Hall–Kier alpha value is -1.00. The van der Waals surface area contributed by atoms with Gasteiger partial charge in [0.25, 0.3) is 0 Å². The lowest BCUT2D eigenvalue weighted by Gasteiger charge is -2.10. The third-order valence-electron chi connectivity index (χ3n) is 2.58. The van der Waals surface area contributed by atoms with E-state index in [4.69, 9.17) is 38.1 Å². The summed E-state index contributed by atoms with van der Waals surface area (Å²) in [6.45, 7) is 0.425. The fourth-order valence-electron chi connectivity index (χ4n) is 1.65. The summed E-state index contributed by atoms with van der Waals surface area (Å²) in [5.74, 6) is 1.41. The van der Waals surface area contributed by atoms with Gasteiger partial charge in [-0.1, -0.05) is 29.3 Å². The SMILES string of the molecule is COCc1ccc(C(N)c2ccc(Cl)c(Cl)c2)o1. The van der Waals surface area contributed by atoms with Crippen LogP contribution in [-0.4, -0.2) is 7.11 Å². The van der Waals surface area contributed by atoms with Crippen molar-refractivity contribution in [3.63, 3.8) is 0 Å². The van der Waals surface area contributed by atoms with Crippen LogP contribution in [0.3, 0.4) is 0 Å². The molecule has 3 nitrogen and oxygen atoms in total. The van der Waals surface area contributed by atoms with E-state index in [-0.39, 0.29) is 6.04 Å². The van der Waals surface area contributed by atoms with Gasteiger partial charge in [-0.2, -0.15) is 0 Å². The second kappa shape index (κ2) is 5.76. The van der Waals surface area contributed by atoms with Gasteiger partial charge in [-0.05, 0) is 29.8 Å². The summed E-state index contributed by atoms with van der Waals surface area (Å²) in [5, 5.41) is 0.987. The minimum Gasteiger partial charge on any atom is -0.462 e. The maximum Gasteiger partial charge on any atom is 0.129 e. The van der Waals surface area contributed by atoms with Crippen molar-refractivity contribution in [2.45, 2.75) is 12.6 Å². The molecule has 0 aliphatic carbocycles. The Morgan fingerprint density at radius 1 is 1.22 bits per heavy atom. The molecule has 1 aromatic carbocycles. The number of rotatable bonds is 4. The predicted molar refractivity (Wildman–Crippen MR) is 71.9 cm³/mol. The molecule has 0 amide bonds. The quantitative estimate of drug-likeness (QED) is 0.930. The summed E-state index contributed by atoms with van der Waals surface area (Å²) in [6.07, 6.45) is 0. The molecule has 5 heteroatoms. The molecule has 0 radical (unpaired) electrons. The smallest absolute Gasteiger partial charge is 0.129 e. The number of ether oxygens (including phenoxy) is 1. The molecule has 1 atom stereocenters. The van der Waals surface area contributed by atoms with Crippen LogP contribution in [0.1, 0.15) is 23.1 Å². The van der Waals surface area contributed by atoms with Crippen LogP contribution >= 0.6 is 23.2 Å². The highest BCUT2D eigenvalue weighted by atomic mass is 35.5. The predicted octanol–water partition coefficient (Wildman–Crippen LogP) is 3.78. The molecule has 2 aromatic rings. The van der Waals surface area contributed by atoms with E-state index in [1.54, 1.807) is 19.2 Å². The van der Waals surface area contributed by atoms with Gasteiger partial charge in [-0.25, -0.2) is 0 Å². The highest BCUT2D eigenvalue weighted by Crippen LogP contribution is 2.28. The minimum atomic E-state index is -0.370. The molecule has 1 aromatic heterocycles. The van der Waals surface area contributed by atoms with Crippen LogP contribution in [0.25, 0.3) is 0 Å². The summed E-state index contributed by atoms with van der Waals surface area (Å²) in [4.78, 5) is 0. The highest BCUT2D eigenvalue weighted by Gasteiger charge is 2.14. The van der Waals surface area contributed by atoms with Crippen molar-refractivity contribution in [1.82, 2.24) is 0 Å². The Morgan fingerprint density at radius 3 is 2.67 bits per heavy atom. The maximum atomic E-state index is 6.11. The first-order valence-electron chi connectivity index (χ1n) is 5.40. The second-order valence-corrected chi connectivity index (χ2v) is 4.70. The molecule has 2 N–H and O–H groups in total. The number of furan rings is 1. The third kappa shape index (κ3) is 2.87. The van der Waals surface area contributed by atoms with E-state index >= 15 is 0 Å². The molecule has 0 saturated heterocycles. The van der Waals surface area contributed by atoms with Gasteiger partial charge in [0.1, 0.15) is 18.1 Å². The largest absolute Gasteiger partial charge is 0.462 e. The molecule has 0 bridgehead atoms. The van der Waals surface area contributed by atoms with Crippen molar-refractivity contribution in [2.75, 3.05) is 7.11 Å². The van der Waals surface area contributed by atoms with Crippen LogP contribution in [0.15, 0.2) is 34.7 Å². The summed E-state index contributed by atoms with van der Waals surface area (Å²) < 4.78 is 10.6. The zero-order valence-corrected chi connectivity index (χ0v) is 11.3. The van der Waals surface area contributed by atoms with Crippen molar-refractivity contribution in [3.05, 3.63) is 57.5 Å². The molecule has 0 aliphatic rings. The van der Waals surface area contributed by atoms with Gasteiger partial charge in [-0.15, -0.1) is 0 Å². The molecule has 0 aliphatic heterocycles. The molecule has 96 valence electrons.